The molecule has 0 amide bonds. The van der Waals surface area contributed by atoms with Crippen molar-refractivity contribution in [2.24, 2.45) is 11.1 Å². The molecule has 0 bridgehead atoms. The third-order valence-electron chi connectivity index (χ3n) is 3.04. The molecule has 1 atom stereocenters. The standard InChI is InChI=1S/C13H19NO4/c1-13(8-14,12(15)16)7-9-6-10(17-2)4-5-11(9)18-3/h4-6H,7-8,14H2,1-3H3,(H,15,16). The second-order valence-electron chi connectivity index (χ2n) is 4.42. The van der Waals surface area contributed by atoms with Crippen molar-refractivity contribution in [1.82, 2.24) is 0 Å². The van der Waals surface area contributed by atoms with Gasteiger partial charge in [0, 0.05) is 6.54 Å². The highest BCUT2D eigenvalue weighted by Crippen LogP contribution is 2.30. The third kappa shape index (κ3) is 2.92. The Morgan fingerprint density at radius 3 is 2.50 bits per heavy atom. The molecule has 1 unspecified atom stereocenters. The number of carbonyl (C=O) groups is 1. The number of aliphatic carboxylic acids is 1. The fraction of sp³-hybridized carbons (Fsp3) is 0.462. The molecular weight excluding hydrogens is 234 g/mol. The van der Waals surface area contributed by atoms with Crippen LogP contribution < -0.4 is 15.2 Å². The van der Waals surface area contributed by atoms with Crippen LogP contribution in [0.1, 0.15) is 12.5 Å². The third-order valence-corrected chi connectivity index (χ3v) is 3.04. The maximum atomic E-state index is 11.3. The van der Waals surface area contributed by atoms with E-state index in [1.54, 1.807) is 39.3 Å². The summed E-state index contributed by atoms with van der Waals surface area (Å²) in [6.07, 6.45) is 0.291. The number of ether oxygens (including phenoxy) is 2. The molecule has 1 aromatic carbocycles. The Balaban J connectivity index is 3.11. The van der Waals surface area contributed by atoms with Crippen LogP contribution in [-0.4, -0.2) is 31.8 Å². The first kappa shape index (κ1) is 14.3. The van der Waals surface area contributed by atoms with Crippen LogP contribution in [0.3, 0.4) is 0 Å². The maximum absolute atomic E-state index is 11.3. The van der Waals surface area contributed by atoms with Gasteiger partial charge in [0.05, 0.1) is 19.6 Å². The van der Waals surface area contributed by atoms with E-state index in [0.717, 1.165) is 5.56 Å². The lowest BCUT2D eigenvalue weighted by atomic mass is 9.83. The van der Waals surface area contributed by atoms with Gasteiger partial charge in [0.15, 0.2) is 0 Å². The lowest BCUT2D eigenvalue weighted by molar-refractivity contribution is -0.147. The number of carboxylic acids is 1. The molecule has 0 saturated carbocycles. The summed E-state index contributed by atoms with van der Waals surface area (Å²) < 4.78 is 10.4. The van der Waals surface area contributed by atoms with Gasteiger partial charge in [0.25, 0.3) is 0 Å². The van der Waals surface area contributed by atoms with Gasteiger partial charge in [-0.15, -0.1) is 0 Å². The molecule has 0 fully saturated rings. The zero-order valence-corrected chi connectivity index (χ0v) is 10.9. The van der Waals surface area contributed by atoms with Gasteiger partial charge in [-0.25, -0.2) is 0 Å². The van der Waals surface area contributed by atoms with Crippen molar-refractivity contribution >= 4 is 5.97 Å². The van der Waals surface area contributed by atoms with Crippen LogP contribution in [0, 0.1) is 5.41 Å². The summed E-state index contributed by atoms with van der Waals surface area (Å²) in [6.45, 7) is 1.68. The van der Waals surface area contributed by atoms with Crippen LogP contribution in [0.25, 0.3) is 0 Å². The van der Waals surface area contributed by atoms with E-state index in [1.165, 1.54) is 0 Å². The molecule has 1 aromatic rings. The lowest BCUT2D eigenvalue weighted by Crippen LogP contribution is -2.37. The number of hydrogen-bond acceptors (Lipinski definition) is 4. The summed E-state index contributed by atoms with van der Waals surface area (Å²) in [5, 5.41) is 9.23. The summed E-state index contributed by atoms with van der Waals surface area (Å²) in [5.41, 5.74) is 5.32. The predicted octanol–water partition coefficient (Wildman–Crippen LogP) is 1.30. The van der Waals surface area contributed by atoms with Gasteiger partial charge in [-0.2, -0.15) is 0 Å². The predicted molar refractivity (Wildman–Crippen MR) is 68.0 cm³/mol. The molecule has 0 aliphatic heterocycles. The molecule has 5 nitrogen and oxygen atoms in total. The summed E-state index contributed by atoms with van der Waals surface area (Å²) in [5.74, 6) is 0.377. The Bertz CT molecular complexity index is 433. The van der Waals surface area contributed by atoms with Gasteiger partial charge in [-0.05, 0) is 37.1 Å². The number of rotatable bonds is 6. The highest BCUT2D eigenvalue weighted by Gasteiger charge is 2.32. The first-order chi connectivity index (χ1) is 8.46. The Morgan fingerprint density at radius 2 is 2.06 bits per heavy atom. The van der Waals surface area contributed by atoms with E-state index in [-0.39, 0.29) is 6.54 Å². The van der Waals surface area contributed by atoms with Crippen LogP contribution in [0.15, 0.2) is 18.2 Å². The molecule has 0 heterocycles. The lowest BCUT2D eigenvalue weighted by Gasteiger charge is -2.24. The number of benzene rings is 1. The largest absolute Gasteiger partial charge is 0.497 e. The van der Waals surface area contributed by atoms with E-state index in [4.69, 9.17) is 15.2 Å². The molecule has 0 aliphatic rings. The van der Waals surface area contributed by atoms with Crippen molar-refractivity contribution in [1.29, 1.82) is 0 Å². The summed E-state index contributed by atoms with van der Waals surface area (Å²) in [6, 6.07) is 5.30. The van der Waals surface area contributed by atoms with E-state index in [9.17, 15) is 9.90 Å². The molecule has 3 N–H and O–H groups in total. The van der Waals surface area contributed by atoms with Gasteiger partial charge in [0.2, 0.25) is 0 Å². The summed E-state index contributed by atoms with van der Waals surface area (Å²) in [7, 11) is 3.11. The minimum atomic E-state index is -1.01. The monoisotopic (exact) mass is 253 g/mol. The van der Waals surface area contributed by atoms with E-state index >= 15 is 0 Å². The molecule has 100 valence electrons. The number of nitrogens with two attached hydrogens (primary N) is 1. The number of hydrogen-bond donors (Lipinski definition) is 2. The molecule has 5 heteroatoms. The molecule has 0 radical (unpaired) electrons. The average molecular weight is 253 g/mol. The quantitative estimate of drug-likeness (QED) is 0.798. The maximum Gasteiger partial charge on any atom is 0.310 e. The van der Waals surface area contributed by atoms with Crippen LogP contribution in [-0.2, 0) is 11.2 Å². The minimum absolute atomic E-state index is 0.0582. The highest BCUT2D eigenvalue weighted by atomic mass is 16.5. The first-order valence-corrected chi connectivity index (χ1v) is 5.61. The van der Waals surface area contributed by atoms with E-state index in [0.29, 0.717) is 17.9 Å². The molecule has 18 heavy (non-hydrogen) atoms. The van der Waals surface area contributed by atoms with Crippen molar-refractivity contribution in [2.75, 3.05) is 20.8 Å². The zero-order valence-electron chi connectivity index (χ0n) is 10.9. The van der Waals surface area contributed by atoms with Gasteiger partial charge in [0.1, 0.15) is 11.5 Å². The van der Waals surface area contributed by atoms with Gasteiger partial charge < -0.3 is 20.3 Å². The van der Waals surface area contributed by atoms with E-state index in [1.807, 2.05) is 0 Å². The molecule has 0 aromatic heterocycles. The second-order valence-corrected chi connectivity index (χ2v) is 4.42. The fourth-order valence-electron chi connectivity index (χ4n) is 1.68. The first-order valence-electron chi connectivity index (χ1n) is 5.61. The van der Waals surface area contributed by atoms with Crippen LogP contribution in [0.5, 0.6) is 11.5 Å². The molecule has 0 aliphatic carbocycles. The van der Waals surface area contributed by atoms with Crippen LogP contribution in [0.2, 0.25) is 0 Å². The van der Waals surface area contributed by atoms with Crippen molar-refractivity contribution < 1.29 is 19.4 Å². The summed E-state index contributed by atoms with van der Waals surface area (Å²) in [4.78, 5) is 11.3. The van der Waals surface area contributed by atoms with Crippen molar-refractivity contribution in [2.45, 2.75) is 13.3 Å². The van der Waals surface area contributed by atoms with Gasteiger partial charge in [-0.1, -0.05) is 0 Å². The zero-order chi connectivity index (χ0) is 13.8. The molecular formula is C13H19NO4. The van der Waals surface area contributed by atoms with E-state index in [2.05, 4.69) is 0 Å². The Labute approximate surface area is 107 Å². The van der Waals surface area contributed by atoms with Crippen LogP contribution in [0.4, 0.5) is 0 Å². The second kappa shape index (κ2) is 5.73. The normalized spacial score (nSPS) is 13.8. The average Bonchev–Trinajstić information content (AvgIpc) is 2.38. The topological polar surface area (TPSA) is 81.8 Å². The van der Waals surface area contributed by atoms with Crippen molar-refractivity contribution in [3.63, 3.8) is 0 Å². The van der Waals surface area contributed by atoms with Gasteiger partial charge >= 0.3 is 5.97 Å². The van der Waals surface area contributed by atoms with Crippen molar-refractivity contribution in [3.05, 3.63) is 23.8 Å². The Hall–Kier alpha value is -1.75. The van der Waals surface area contributed by atoms with Crippen molar-refractivity contribution in [3.8, 4) is 11.5 Å². The Kier molecular flexibility index (Phi) is 4.55. The van der Waals surface area contributed by atoms with Gasteiger partial charge in [-0.3, -0.25) is 4.79 Å². The minimum Gasteiger partial charge on any atom is -0.497 e. The Morgan fingerprint density at radius 1 is 1.39 bits per heavy atom. The highest BCUT2D eigenvalue weighted by molar-refractivity contribution is 5.75. The molecule has 0 spiro atoms. The molecule has 1 rings (SSSR count). The fourth-order valence-corrected chi connectivity index (χ4v) is 1.68. The number of methoxy groups -OCH3 is 2. The SMILES string of the molecule is COc1ccc(OC)c(CC(C)(CN)C(=O)O)c1. The molecule has 0 saturated heterocycles. The number of carboxylic acid groups (broad SMARTS) is 1. The smallest absolute Gasteiger partial charge is 0.310 e. The summed E-state index contributed by atoms with van der Waals surface area (Å²) >= 11 is 0. The van der Waals surface area contributed by atoms with E-state index < -0.39 is 11.4 Å². The van der Waals surface area contributed by atoms with Crippen LogP contribution >= 0.6 is 0 Å².